The van der Waals surface area contributed by atoms with Gasteiger partial charge in [-0.2, -0.15) is 5.10 Å². The van der Waals surface area contributed by atoms with E-state index < -0.39 is 5.91 Å². The Morgan fingerprint density at radius 3 is 2.46 bits per heavy atom. The number of rotatable bonds is 8. The maximum Gasteiger partial charge on any atom is 0.261 e. The molecule has 0 unspecified atom stereocenters. The molecule has 1 heterocycles. The Morgan fingerprint density at radius 2 is 1.83 bits per heavy atom. The number of para-hydroxylation sites is 1. The number of methoxy groups -OCH3 is 3. The number of benzene rings is 2. The van der Waals surface area contributed by atoms with Crippen LogP contribution in [0.1, 0.15) is 34.2 Å². The fourth-order valence-corrected chi connectivity index (χ4v) is 3.86. The summed E-state index contributed by atoms with van der Waals surface area (Å²) in [7, 11) is 4.55. The maximum atomic E-state index is 13.3. The number of amides is 1. The molecule has 186 valence electrons. The highest BCUT2D eigenvalue weighted by atomic mass is 35.5. The molecular weight excluding hydrogens is 470 g/mol. The normalized spacial score (nSPS) is 11.2. The van der Waals surface area contributed by atoms with E-state index in [0.717, 1.165) is 23.5 Å². The first-order valence-corrected chi connectivity index (χ1v) is 11.4. The van der Waals surface area contributed by atoms with E-state index in [1.54, 1.807) is 43.5 Å². The van der Waals surface area contributed by atoms with Gasteiger partial charge in [-0.05, 0) is 51.1 Å². The standard InChI is InChI=1S/C25H30ClN5O4/c1-7-31-16(3)19(15(2)30-31)14-27-25(28-20-13-17(26)11-12-21(20)33-4)29-24(32)18-9-8-10-22(34-5)23(18)35-6/h8-13H,7,14H2,1-6H3,(H2,27,28,29,32). The molecule has 0 fully saturated rings. The molecule has 1 aromatic heterocycles. The lowest BCUT2D eigenvalue weighted by atomic mass is 10.1. The minimum Gasteiger partial charge on any atom is -0.495 e. The molecule has 0 atom stereocenters. The number of carbonyl (C=O) groups is 1. The summed E-state index contributed by atoms with van der Waals surface area (Å²) in [4.78, 5) is 17.9. The van der Waals surface area contributed by atoms with Crippen LogP contribution < -0.4 is 24.8 Å². The molecule has 2 aromatic carbocycles. The van der Waals surface area contributed by atoms with Crippen molar-refractivity contribution in [1.29, 1.82) is 0 Å². The Bertz CT molecular complexity index is 1240. The van der Waals surface area contributed by atoms with Crippen LogP contribution in [0.5, 0.6) is 17.2 Å². The second-order valence-electron chi connectivity index (χ2n) is 7.59. The second kappa shape index (κ2) is 11.6. The number of carbonyl (C=O) groups excluding carboxylic acids is 1. The third-order valence-electron chi connectivity index (χ3n) is 5.52. The lowest BCUT2D eigenvalue weighted by Gasteiger charge is -2.16. The van der Waals surface area contributed by atoms with E-state index in [4.69, 9.17) is 25.8 Å². The molecule has 10 heteroatoms. The number of nitrogens with one attached hydrogen (secondary N) is 2. The lowest BCUT2D eigenvalue weighted by Crippen LogP contribution is -2.36. The predicted molar refractivity (Wildman–Crippen MR) is 137 cm³/mol. The first-order valence-electron chi connectivity index (χ1n) is 11.0. The van der Waals surface area contributed by atoms with Crippen LogP contribution >= 0.6 is 11.6 Å². The summed E-state index contributed by atoms with van der Waals surface area (Å²) in [5, 5.41) is 11.0. The number of aryl methyl sites for hydroxylation is 2. The Morgan fingerprint density at radius 1 is 1.09 bits per heavy atom. The number of nitrogens with zero attached hydrogens (tertiary/aromatic N) is 3. The van der Waals surface area contributed by atoms with Gasteiger partial charge in [0.25, 0.3) is 5.91 Å². The summed E-state index contributed by atoms with van der Waals surface area (Å²) >= 11 is 6.20. The van der Waals surface area contributed by atoms with E-state index in [-0.39, 0.29) is 5.96 Å². The predicted octanol–water partition coefficient (Wildman–Crippen LogP) is 4.60. The van der Waals surface area contributed by atoms with Gasteiger partial charge in [0.2, 0.25) is 5.96 Å². The van der Waals surface area contributed by atoms with E-state index in [1.165, 1.54) is 14.2 Å². The third kappa shape index (κ3) is 5.86. The molecule has 9 nitrogen and oxygen atoms in total. The summed E-state index contributed by atoms with van der Waals surface area (Å²) in [6.45, 7) is 7.04. The smallest absolute Gasteiger partial charge is 0.261 e. The van der Waals surface area contributed by atoms with Crippen molar-refractivity contribution < 1.29 is 19.0 Å². The van der Waals surface area contributed by atoms with Crippen LogP contribution in [-0.4, -0.2) is 43.0 Å². The van der Waals surface area contributed by atoms with Gasteiger partial charge in [-0.25, -0.2) is 4.99 Å². The van der Waals surface area contributed by atoms with Crippen molar-refractivity contribution in [2.45, 2.75) is 33.9 Å². The van der Waals surface area contributed by atoms with Crippen molar-refractivity contribution in [2.24, 2.45) is 4.99 Å². The van der Waals surface area contributed by atoms with Crippen molar-refractivity contribution >= 4 is 29.2 Å². The average Bonchev–Trinajstić information content (AvgIpc) is 3.14. The van der Waals surface area contributed by atoms with Gasteiger partial charge >= 0.3 is 0 Å². The van der Waals surface area contributed by atoms with Crippen LogP contribution in [0.2, 0.25) is 5.02 Å². The molecule has 0 radical (unpaired) electrons. The van der Waals surface area contributed by atoms with Crippen LogP contribution in [0.4, 0.5) is 5.69 Å². The van der Waals surface area contributed by atoms with Crippen LogP contribution in [-0.2, 0) is 13.1 Å². The molecule has 0 spiro atoms. The fourth-order valence-electron chi connectivity index (χ4n) is 3.69. The minimum atomic E-state index is -0.425. The van der Waals surface area contributed by atoms with E-state index in [2.05, 4.69) is 20.7 Å². The highest BCUT2D eigenvalue weighted by Crippen LogP contribution is 2.31. The molecule has 0 aliphatic rings. The van der Waals surface area contributed by atoms with Crippen LogP contribution in [0, 0.1) is 13.8 Å². The van der Waals surface area contributed by atoms with Crippen molar-refractivity contribution in [3.63, 3.8) is 0 Å². The van der Waals surface area contributed by atoms with Crippen LogP contribution in [0.25, 0.3) is 0 Å². The highest BCUT2D eigenvalue weighted by Gasteiger charge is 2.19. The minimum absolute atomic E-state index is 0.212. The number of guanidine groups is 1. The van der Waals surface area contributed by atoms with Gasteiger partial charge in [0.15, 0.2) is 11.5 Å². The molecule has 0 aliphatic heterocycles. The second-order valence-corrected chi connectivity index (χ2v) is 8.03. The van der Waals surface area contributed by atoms with E-state index in [9.17, 15) is 4.79 Å². The Labute approximate surface area is 210 Å². The molecular formula is C25H30ClN5O4. The number of aliphatic imine (C=N–C) groups is 1. The van der Waals surface area contributed by atoms with E-state index in [1.807, 2.05) is 25.5 Å². The van der Waals surface area contributed by atoms with Gasteiger partial charge < -0.3 is 19.5 Å². The Kier molecular flexibility index (Phi) is 8.59. The maximum absolute atomic E-state index is 13.3. The Balaban J connectivity index is 1.99. The zero-order valence-corrected chi connectivity index (χ0v) is 21.5. The molecule has 0 bridgehead atoms. The molecule has 0 saturated heterocycles. The van der Waals surface area contributed by atoms with E-state index in [0.29, 0.717) is 40.1 Å². The van der Waals surface area contributed by atoms with E-state index >= 15 is 0 Å². The van der Waals surface area contributed by atoms with Gasteiger partial charge in [-0.3, -0.25) is 14.8 Å². The topological polar surface area (TPSA) is 99.0 Å². The van der Waals surface area contributed by atoms with Crippen molar-refractivity contribution in [2.75, 3.05) is 26.6 Å². The van der Waals surface area contributed by atoms with Crippen molar-refractivity contribution in [3.05, 3.63) is 63.9 Å². The number of anilines is 1. The molecule has 3 rings (SSSR count). The van der Waals surface area contributed by atoms with Crippen LogP contribution in [0.15, 0.2) is 41.4 Å². The molecule has 0 aliphatic carbocycles. The molecule has 3 aromatic rings. The zero-order chi connectivity index (χ0) is 25.5. The van der Waals surface area contributed by atoms with Gasteiger partial charge in [0.05, 0.1) is 44.8 Å². The number of aromatic nitrogens is 2. The molecule has 0 saturated carbocycles. The molecule has 35 heavy (non-hydrogen) atoms. The van der Waals surface area contributed by atoms with Gasteiger partial charge in [-0.15, -0.1) is 0 Å². The number of ether oxygens (including phenoxy) is 3. The number of halogens is 1. The summed E-state index contributed by atoms with van der Waals surface area (Å²) in [5.41, 5.74) is 3.74. The Hall–Kier alpha value is -3.72. The summed E-state index contributed by atoms with van der Waals surface area (Å²) in [6.07, 6.45) is 0. The van der Waals surface area contributed by atoms with Crippen molar-refractivity contribution in [3.8, 4) is 17.2 Å². The third-order valence-corrected chi connectivity index (χ3v) is 5.76. The molecule has 2 N–H and O–H groups in total. The monoisotopic (exact) mass is 499 g/mol. The zero-order valence-electron chi connectivity index (χ0n) is 20.7. The average molecular weight is 500 g/mol. The summed E-state index contributed by atoms with van der Waals surface area (Å²) in [6, 6.07) is 10.2. The summed E-state index contributed by atoms with van der Waals surface area (Å²) in [5.74, 6) is 1.10. The van der Waals surface area contributed by atoms with Gasteiger partial charge in [0, 0.05) is 22.8 Å². The lowest BCUT2D eigenvalue weighted by molar-refractivity contribution is 0.0973. The van der Waals surface area contributed by atoms with Gasteiger partial charge in [-0.1, -0.05) is 17.7 Å². The highest BCUT2D eigenvalue weighted by molar-refractivity contribution is 6.31. The van der Waals surface area contributed by atoms with Crippen molar-refractivity contribution in [1.82, 2.24) is 15.1 Å². The number of hydrogen-bond acceptors (Lipinski definition) is 6. The first-order chi connectivity index (χ1) is 16.8. The fraction of sp³-hybridized carbons (Fsp3) is 0.320. The SMILES string of the molecule is CCn1nc(C)c(CN=C(NC(=O)c2cccc(OC)c2OC)Nc2cc(Cl)ccc2OC)c1C. The van der Waals surface area contributed by atoms with Crippen LogP contribution in [0.3, 0.4) is 0 Å². The first kappa shape index (κ1) is 25.9. The quantitative estimate of drug-likeness (QED) is 0.347. The number of hydrogen-bond donors (Lipinski definition) is 2. The summed E-state index contributed by atoms with van der Waals surface area (Å²) < 4.78 is 18.1. The van der Waals surface area contributed by atoms with Gasteiger partial charge in [0.1, 0.15) is 5.75 Å². The molecule has 1 amide bonds. The largest absolute Gasteiger partial charge is 0.495 e.